The molecule has 1 aliphatic rings. The predicted octanol–water partition coefficient (Wildman–Crippen LogP) is 1.68. The number of carbonyl (C=O) groups is 1. The molecule has 1 atom stereocenters. The monoisotopic (exact) mass is 278 g/mol. The molecular formula is C15H22N2O3. The molecule has 1 aromatic carbocycles. The van der Waals surface area contributed by atoms with E-state index >= 15 is 0 Å². The summed E-state index contributed by atoms with van der Waals surface area (Å²) < 4.78 is 11.1. The molecule has 20 heavy (non-hydrogen) atoms. The number of rotatable bonds is 5. The van der Waals surface area contributed by atoms with Gasteiger partial charge in [-0.05, 0) is 31.9 Å². The van der Waals surface area contributed by atoms with Crippen molar-refractivity contribution in [3.63, 3.8) is 0 Å². The van der Waals surface area contributed by atoms with Crippen LogP contribution in [0.15, 0.2) is 24.3 Å². The maximum Gasteiger partial charge on any atom is 0.260 e. The van der Waals surface area contributed by atoms with E-state index in [4.69, 9.17) is 15.2 Å². The van der Waals surface area contributed by atoms with Crippen LogP contribution in [0.2, 0.25) is 0 Å². The quantitative estimate of drug-likeness (QED) is 0.832. The molecular weight excluding hydrogens is 256 g/mol. The topological polar surface area (TPSA) is 64.8 Å². The van der Waals surface area contributed by atoms with Crippen LogP contribution in [0, 0.1) is 0 Å². The molecule has 110 valence electrons. The van der Waals surface area contributed by atoms with Gasteiger partial charge in [-0.1, -0.05) is 6.07 Å². The highest BCUT2D eigenvalue weighted by Gasteiger charge is 2.23. The molecule has 2 rings (SSSR count). The smallest absolute Gasteiger partial charge is 0.260 e. The summed E-state index contributed by atoms with van der Waals surface area (Å²) >= 11 is 0. The molecule has 5 heteroatoms. The van der Waals surface area contributed by atoms with Crippen molar-refractivity contribution in [2.75, 3.05) is 32.0 Å². The Balaban J connectivity index is 1.82. The molecule has 0 spiro atoms. The minimum absolute atomic E-state index is 0.00294. The summed E-state index contributed by atoms with van der Waals surface area (Å²) in [6.07, 6.45) is 2.16. The summed E-state index contributed by atoms with van der Waals surface area (Å²) in [5, 5.41) is 0. The third-order valence-electron chi connectivity index (χ3n) is 3.35. The van der Waals surface area contributed by atoms with E-state index in [1.165, 1.54) is 0 Å². The second kappa shape index (κ2) is 7.14. The summed E-state index contributed by atoms with van der Waals surface area (Å²) in [5.74, 6) is 0.619. The van der Waals surface area contributed by atoms with Gasteiger partial charge in [-0.15, -0.1) is 0 Å². The minimum Gasteiger partial charge on any atom is -0.484 e. The Morgan fingerprint density at radius 3 is 3.10 bits per heavy atom. The van der Waals surface area contributed by atoms with E-state index in [1.54, 1.807) is 24.3 Å². The lowest BCUT2D eigenvalue weighted by Crippen LogP contribution is -2.45. The SMILES string of the molecule is CCOC1CCCN(C(=O)COc2cccc(N)c2)C1. The predicted molar refractivity (Wildman–Crippen MR) is 77.6 cm³/mol. The van der Waals surface area contributed by atoms with Gasteiger partial charge >= 0.3 is 0 Å². The number of nitrogens with two attached hydrogens (primary N) is 1. The summed E-state index contributed by atoms with van der Waals surface area (Å²) in [7, 11) is 0. The normalized spacial score (nSPS) is 18.9. The molecule has 0 aromatic heterocycles. The fourth-order valence-corrected chi connectivity index (χ4v) is 2.38. The molecule has 0 aliphatic carbocycles. The van der Waals surface area contributed by atoms with Crippen LogP contribution in [0.5, 0.6) is 5.75 Å². The third-order valence-corrected chi connectivity index (χ3v) is 3.35. The largest absolute Gasteiger partial charge is 0.484 e. The zero-order valence-electron chi connectivity index (χ0n) is 11.9. The Bertz CT molecular complexity index is 448. The van der Waals surface area contributed by atoms with Gasteiger partial charge in [0.1, 0.15) is 5.75 Å². The summed E-state index contributed by atoms with van der Waals surface area (Å²) in [6.45, 7) is 4.15. The fourth-order valence-electron chi connectivity index (χ4n) is 2.38. The van der Waals surface area contributed by atoms with E-state index < -0.39 is 0 Å². The second-order valence-corrected chi connectivity index (χ2v) is 4.92. The Labute approximate surface area is 119 Å². The first-order valence-corrected chi connectivity index (χ1v) is 7.06. The van der Waals surface area contributed by atoms with Crippen LogP contribution >= 0.6 is 0 Å². The van der Waals surface area contributed by atoms with Crippen LogP contribution < -0.4 is 10.5 Å². The van der Waals surface area contributed by atoms with Gasteiger partial charge in [-0.25, -0.2) is 0 Å². The molecule has 0 saturated carbocycles. The van der Waals surface area contributed by atoms with Gasteiger partial charge in [-0.3, -0.25) is 4.79 Å². The average Bonchev–Trinajstić information content (AvgIpc) is 2.45. The number of nitrogen functional groups attached to an aromatic ring is 1. The number of anilines is 1. The molecule has 1 saturated heterocycles. The van der Waals surface area contributed by atoms with E-state index in [0.29, 0.717) is 24.6 Å². The van der Waals surface area contributed by atoms with Crippen LogP contribution in [0.4, 0.5) is 5.69 Å². The number of hydrogen-bond donors (Lipinski definition) is 1. The van der Waals surface area contributed by atoms with Crippen LogP contribution in [0.25, 0.3) is 0 Å². The summed E-state index contributed by atoms with van der Waals surface area (Å²) in [4.78, 5) is 13.9. The van der Waals surface area contributed by atoms with Crippen molar-refractivity contribution in [2.24, 2.45) is 0 Å². The summed E-state index contributed by atoms with van der Waals surface area (Å²) in [5.41, 5.74) is 6.30. The number of piperidine rings is 1. The number of nitrogens with zero attached hydrogens (tertiary/aromatic N) is 1. The van der Waals surface area contributed by atoms with Crippen molar-refractivity contribution in [2.45, 2.75) is 25.9 Å². The molecule has 1 aromatic rings. The van der Waals surface area contributed by atoms with Crippen molar-refractivity contribution in [3.8, 4) is 5.75 Å². The Kier molecular flexibility index (Phi) is 5.24. The Hall–Kier alpha value is -1.75. The van der Waals surface area contributed by atoms with Gasteiger partial charge in [0.15, 0.2) is 6.61 Å². The lowest BCUT2D eigenvalue weighted by Gasteiger charge is -2.32. The van der Waals surface area contributed by atoms with E-state index in [0.717, 1.165) is 19.4 Å². The zero-order valence-corrected chi connectivity index (χ0v) is 11.9. The van der Waals surface area contributed by atoms with Crippen molar-refractivity contribution >= 4 is 11.6 Å². The third kappa shape index (κ3) is 4.13. The van der Waals surface area contributed by atoms with E-state index in [2.05, 4.69) is 0 Å². The van der Waals surface area contributed by atoms with Crippen LogP contribution in [-0.4, -0.2) is 43.2 Å². The summed E-state index contributed by atoms with van der Waals surface area (Å²) in [6, 6.07) is 7.10. The maximum atomic E-state index is 12.1. The number of carbonyl (C=O) groups excluding carboxylic acids is 1. The Morgan fingerprint density at radius 2 is 2.35 bits per heavy atom. The van der Waals surface area contributed by atoms with Gasteiger partial charge in [0.2, 0.25) is 0 Å². The first-order valence-electron chi connectivity index (χ1n) is 7.06. The van der Waals surface area contributed by atoms with Gasteiger partial charge in [0.25, 0.3) is 5.91 Å². The Morgan fingerprint density at radius 1 is 1.50 bits per heavy atom. The van der Waals surface area contributed by atoms with E-state index in [9.17, 15) is 4.79 Å². The number of hydrogen-bond acceptors (Lipinski definition) is 4. The molecule has 1 aliphatic heterocycles. The highest BCUT2D eigenvalue weighted by atomic mass is 16.5. The lowest BCUT2D eigenvalue weighted by molar-refractivity contribution is -0.137. The standard InChI is InChI=1S/C15H22N2O3/c1-2-19-14-7-4-8-17(10-14)15(18)11-20-13-6-3-5-12(16)9-13/h3,5-6,9,14H,2,4,7-8,10-11,16H2,1H3. The van der Waals surface area contributed by atoms with E-state index in [-0.39, 0.29) is 18.6 Å². The molecule has 2 N–H and O–H groups in total. The first-order chi connectivity index (χ1) is 9.69. The van der Waals surface area contributed by atoms with Gasteiger partial charge in [-0.2, -0.15) is 0 Å². The molecule has 0 radical (unpaired) electrons. The van der Waals surface area contributed by atoms with Crippen LogP contribution in [0.1, 0.15) is 19.8 Å². The minimum atomic E-state index is -0.00294. The molecule has 1 unspecified atom stereocenters. The van der Waals surface area contributed by atoms with Crippen LogP contribution in [-0.2, 0) is 9.53 Å². The number of benzene rings is 1. The average molecular weight is 278 g/mol. The number of ether oxygens (including phenoxy) is 2. The van der Waals surface area contributed by atoms with Gasteiger partial charge < -0.3 is 20.1 Å². The molecule has 0 bridgehead atoms. The molecule has 1 fully saturated rings. The van der Waals surface area contributed by atoms with Gasteiger partial charge in [0.05, 0.1) is 6.10 Å². The van der Waals surface area contributed by atoms with E-state index in [1.807, 2.05) is 11.8 Å². The first kappa shape index (κ1) is 14.7. The highest BCUT2D eigenvalue weighted by Crippen LogP contribution is 2.16. The second-order valence-electron chi connectivity index (χ2n) is 4.92. The van der Waals surface area contributed by atoms with Crippen molar-refractivity contribution in [3.05, 3.63) is 24.3 Å². The fraction of sp³-hybridized carbons (Fsp3) is 0.533. The lowest BCUT2D eigenvalue weighted by atomic mass is 10.1. The number of amides is 1. The van der Waals surface area contributed by atoms with Crippen LogP contribution in [0.3, 0.4) is 0 Å². The van der Waals surface area contributed by atoms with Crippen molar-refractivity contribution in [1.29, 1.82) is 0 Å². The molecule has 1 amide bonds. The highest BCUT2D eigenvalue weighted by molar-refractivity contribution is 5.78. The maximum absolute atomic E-state index is 12.1. The zero-order chi connectivity index (χ0) is 14.4. The van der Waals surface area contributed by atoms with Crippen molar-refractivity contribution in [1.82, 2.24) is 4.90 Å². The van der Waals surface area contributed by atoms with Gasteiger partial charge in [0, 0.05) is 31.5 Å². The van der Waals surface area contributed by atoms with Crippen molar-refractivity contribution < 1.29 is 14.3 Å². The molecule has 5 nitrogen and oxygen atoms in total. The number of likely N-dealkylation sites (tertiary alicyclic amines) is 1. The molecule has 1 heterocycles.